The highest BCUT2D eigenvalue weighted by molar-refractivity contribution is 6.07. The number of rotatable bonds is 5. The lowest BCUT2D eigenvalue weighted by Crippen LogP contribution is -2.57. The SMILES string of the molecule is CC(C)CN1C(=O)N(Cc2ccccn2)C(=O)C12CCN(CC(C)(C)C)CC2. The predicted octanol–water partition coefficient (Wildman–Crippen LogP) is 3.38. The third-order valence-corrected chi connectivity index (χ3v) is 5.60. The number of imide groups is 1. The van der Waals surface area contributed by atoms with Crippen molar-refractivity contribution in [2.45, 2.75) is 59.5 Å². The predicted molar refractivity (Wildman–Crippen MR) is 110 cm³/mol. The van der Waals surface area contributed by atoms with Crippen molar-refractivity contribution in [2.75, 3.05) is 26.2 Å². The first-order chi connectivity index (χ1) is 13.1. The summed E-state index contributed by atoms with van der Waals surface area (Å²) in [6.07, 6.45) is 3.12. The van der Waals surface area contributed by atoms with E-state index in [1.807, 2.05) is 23.1 Å². The van der Waals surface area contributed by atoms with Gasteiger partial charge in [-0.3, -0.25) is 14.7 Å². The van der Waals surface area contributed by atoms with Crippen molar-refractivity contribution in [3.05, 3.63) is 30.1 Å². The van der Waals surface area contributed by atoms with Gasteiger partial charge in [0.15, 0.2) is 0 Å². The second-order valence-corrected chi connectivity index (χ2v) is 9.87. The summed E-state index contributed by atoms with van der Waals surface area (Å²) in [5.41, 5.74) is 0.281. The summed E-state index contributed by atoms with van der Waals surface area (Å²) in [5.74, 6) is 0.273. The number of amides is 3. The molecular formula is C22H34N4O2. The number of hydrogen-bond acceptors (Lipinski definition) is 4. The Morgan fingerprint density at radius 1 is 1.14 bits per heavy atom. The molecular weight excluding hydrogens is 352 g/mol. The van der Waals surface area contributed by atoms with E-state index in [-0.39, 0.29) is 23.9 Å². The van der Waals surface area contributed by atoms with Gasteiger partial charge in [-0.15, -0.1) is 0 Å². The van der Waals surface area contributed by atoms with Crippen LogP contribution in [0, 0.1) is 11.3 Å². The summed E-state index contributed by atoms with van der Waals surface area (Å²) >= 11 is 0. The topological polar surface area (TPSA) is 56.8 Å². The summed E-state index contributed by atoms with van der Waals surface area (Å²) in [7, 11) is 0. The number of piperidine rings is 1. The Morgan fingerprint density at radius 2 is 1.82 bits per heavy atom. The van der Waals surface area contributed by atoms with E-state index in [1.165, 1.54) is 4.90 Å². The molecule has 0 bridgehead atoms. The Balaban J connectivity index is 1.82. The van der Waals surface area contributed by atoms with E-state index in [0.29, 0.717) is 25.3 Å². The normalized spacial score (nSPS) is 20.6. The van der Waals surface area contributed by atoms with Crippen molar-refractivity contribution >= 4 is 11.9 Å². The van der Waals surface area contributed by atoms with Gasteiger partial charge in [-0.2, -0.15) is 0 Å². The van der Waals surface area contributed by atoms with Crippen LogP contribution in [0.5, 0.6) is 0 Å². The van der Waals surface area contributed by atoms with Gasteiger partial charge in [0.25, 0.3) is 5.91 Å². The van der Waals surface area contributed by atoms with Crippen molar-refractivity contribution in [1.29, 1.82) is 0 Å². The van der Waals surface area contributed by atoms with Crippen LogP contribution in [0.3, 0.4) is 0 Å². The largest absolute Gasteiger partial charge is 0.328 e. The van der Waals surface area contributed by atoms with Gasteiger partial charge in [0.1, 0.15) is 5.54 Å². The fourth-order valence-corrected chi connectivity index (χ4v) is 4.43. The molecule has 0 saturated carbocycles. The average Bonchev–Trinajstić information content (AvgIpc) is 2.79. The second-order valence-electron chi connectivity index (χ2n) is 9.87. The molecule has 1 aromatic rings. The smallest absolute Gasteiger partial charge is 0.309 e. The second kappa shape index (κ2) is 7.82. The summed E-state index contributed by atoms with van der Waals surface area (Å²) in [4.78, 5) is 36.7. The Kier molecular flexibility index (Phi) is 5.80. The molecule has 3 heterocycles. The van der Waals surface area contributed by atoms with E-state index in [1.54, 1.807) is 6.20 Å². The fourth-order valence-electron chi connectivity index (χ4n) is 4.43. The monoisotopic (exact) mass is 386 g/mol. The number of aromatic nitrogens is 1. The molecule has 0 N–H and O–H groups in total. The molecule has 2 saturated heterocycles. The maximum atomic E-state index is 13.5. The first-order valence-electron chi connectivity index (χ1n) is 10.4. The van der Waals surface area contributed by atoms with E-state index in [2.05, 4.69) is 44.5 Å². The molecule has 2 aliphatic heterocycles. The number of carbonyl (C=O) groups is 2. The van der Waals surface area contributed by atoms with Crippen LogP contribution in [0.1, 0.15) is 53.2 Å². The third-order valence-electron chi connectivity index (χ3n) is 5.60. The Labute approximate surface area is 168 Å². The number of nitrogens with zero attached hydrogens (tertiary/aromatic N) is 4. The van der Waals surface area contributed by atoms with Gasteiger partial charge in [0.2, 0.25) is 0 Å². The maximum absolute atomic E-state index is 13.5. The van der Waals surface area contributed by atoms with E-state index in [0.717, 1.165) is 25.3 Å². The van der Waals surface area contributed by atoms with Crippen LogP contribution in [0.15, 0.2) is 24.4 Å². The van der Waals surface area contributed by atoms with Crippen LogP contribution in [0.25, 0.3) is 0 Å². The summed E-state index contributed by atoms with van der Waals surface area (Å²) < 4.78 is 0. The Morgan fingerprint density at radius 3 is 2.36 bits per heavy atom. The van der Waals surface area contributed by atoms with Gasteiger partial charge in [-0.1, -0.05) is 40.7 Å². The molecule has 1 spiro atoms. The Hall–Kier alpha value is -1.95. The highest BCUT2D eigenvalue weighted by Crippen LogP contribution is 2.39. The van der Waals surface area contributed by atoms with Gasteiger partial charge in [-0.05, 0) is 36.3 Å². The zero-order valence-electron chi connectivity index (χ0n) is 17.9. The molecule has 2 aliphatic rings. The number of urea groups is 1. The number of carbonyl (C=O) groups excluding carboxylic acids is 2. The van der Waals surface area contributed by atoms with Gasteiger partial charge < -0.3 is 9.80 Å². The van der Waals surface area contributed by atoms with Crippen molar-refractivity contribution in [1.82, 2.24) is 19.7 Å². The first kappa shape index (κ1) is 20.8. The molecule has 0 radical (unpaired) electrons. The molecule has 0 aromatic carbocycles. The van der Waals surface area contributed by atoms with Crippen LogP contribution < -0.4 is 0 Å². The van der Waals surface area contributed by atoms with Crippen LogP contribution in [-0.4, -0.2) is 63.3 Å². The minimum atomic E-state index is -0.690. The molecule has 2 fully saturated rings. The standard InChI is InChI=1S/C22H34N4O2/c1-17(2)14-26-20(28)25(15-18-8-6-7-11-23-18)19(27)22(26)9-12-24(13-10-22)16-21(3,4)5/h6-8,11,17H,9-10,12-16H2,1-5H3. The van der Waals surface area contributed by atoms with Gasteiger partial charge >= 0.3 is 6.03 Å². The molecule has 6 heteroatoms. The Bertz CT molecular complexity index is 703. The van der Waals surface area contributed by atoms with E-state index < -0.39 is 5.54 Å². The summed E-state index contributed by atoms with van der Waals surface area (Å²) in [6.45, 7) is 14.5. The van der Waals surface area contributed by atoms with Crippen molar-refractivity contribution in [3.63, 3.8) is 0 Å². The van der Waals surface area contributed by atoms with E-state index in [4.69, 9.17) is 0 Å². The highest BCUT2D eigenvalue weighted by atomic mass is 16.2. The molecule has 28 heavy (non-hydrogen) atoms. The number of pyridine rings is 1. The van der Waals surface area contributed by atoms with Gasteiger partial charge in [0, 0.05) is 32.4 Å². The molecule has 0 aliphatic carbocycles. The lowest BCUT2D eigenvalue weighted by Gasteiger charge is -2.44. The van der Waals surface area contributed by atoms with Crippen LogP contribution in [0.4, 0.5) is 4.79 Å². The quantitative estimate of drug-likeness (QED) is 0.728. The van der Waals surface area contributed by atoms with E-state index in [9.17, 15) is 9.59 Å². The number of likely N-dealkylation sites (tertiary alicyclic amines) is 1. The molecule has 154 valence electrons. The lowest BCUT2D eigenvalue weighted by molar-refractivity contribution is -0.136. The van der Waals surface area contributed by atoms with Crippen molar-refractivity contribution in [2.24, 2.45) is 11.3 Å². The minimum Gasteiger partial charge on any atom is -0.309 e. The zero-order chi connectivity index (χ0) is 20.5. The molecule has 3 amide bonds. The van der Waals surface area contributed by atoms with Crippen LogP contribution >= 0.6 is 0 Å². The highest BCUT2D eigenvalue weighted by Gasteiger charge is 2.57. The summed E-state index contributed by atoms with van der Waals surface area (Å²) in [5, 5.41) is 0. The van der Waals surface area contributed by atoms with Gasteiger partial charge in [0.05, 0.1) is 12.2 Å². The van der Waals surface area contributed by atoms with Crippen molar-refractivity contribution < 1.29 is 9.59 Å². The average molecular weight is 387 g/mol. The first-order valence-corrected chi connectivity index (χ1v) is 10.4. The van der Waals surface area contributed by atoms with Crippen LogP contribution in [0.2, 0.25) is 0 Å². The van der Waals surface area contributed by atoms with E-state index >= 15 is 0 Å². The molecule has 3 rings (SSSR count). The van der Waals surface area contributed by atoms with Crippen LogP contribution in [-0.2, 0) is 11.3 Å². The lowest BCUT2D eigenvalue weighted by atomic mass is 9.84. The zero-order valence-corrected chi connectivity index (χ0v) is 17.9. The third kappa shape index (κ3) is 4.22. The van der Waals surface area contributed by atoms with Crippen molar-refractivity contribution in [3.8, 4) is 0 Å². The molecule has 1 aromatic heterocycles. The van der Waals surface area contributed by atoms with Gasteiger partial charge in [-0.25, -0.2) is 4.79 Å². The maximum Gasteiger partial charge on any atom is 0.328 e. The summed E-state index contributed by atoms with van der Waals surface area (Å²) in [6, 6.07) is 5.44. The number of hydrogen-bond donors (Lipinski definition) is 0. The molecule has 0 unspecified atom stereocenters. The fraction of sp³-hybridized carbons (Fsp3) is 0.682. The molecule has 6 nitrogen and oxygen atoms in total. The minimum absolute atomic E-state index is 0.0424. The molecule has 0 atom stereocenters.